The van der Waals surface area contributed by atoms with Crippen molar-refractivity contribution in [2.75, 3.05) is 0 Å². The minimum Gasteiger partial charge on any atom is -0.393 e. The van der Waals surface area contributed by atoms with Gasteiger partial charge in [-0.3, -0.25) is 0 Å². The third-order valence-electron chi connectivity index (χ3n) is 3.47. The van der Waals surface area contributed by atoms with Crippen molar-refractivity contribution in [3.05, 3.63) is 0 Å². The van der Waals surface area contributed by atoms with Crippen molar-refractivity contribution in [2.24, 2.45) is 0 Å². The second-order valence-corrected chi connectivity index (χ2v) is 16.1. The highest BCUT2D eigenvalue weighted by Gasteiger charge is 2.56. The summed E-state index contributed by atoms with van der Waals surface area (Å²) >= 11 is 22.8. The molecule has 0 radical (unpaired) electrons. The van der Waals surface area contributed by atoms with Crippen molar-refractivity contribution < 1.29 is 5.11 Å². The molecule has 19 heavy (non-hydrogen) atoms. The fourth-order valence-electron chi connectivity index (χ4n) is 2.18. The smallest absolute Gasteiger partial charge is 0.130 e. The SMILES string of the molecule is OC1CCCCC(Br)(Br)C(Br)(Br)C(Br)(Br)CCCC1. The Bertz CT molecular complexity index is 266. The number of hydrogen-bond donors (Lipinski definition) is 1. The molecule has 0 atom stereocenters. The lowest BCUT2D eigenvalue weighted by Gasteiger charge is -2.44. The predicted octanol–water partition coefficient (Wildman–Crippen LogP) is 6.94. The highest BCUT2D eigenvalue weighted by atomic mass is 79.9. The van der Waals surface area contributed by atoms with Gasteiger partial charge < -0.3 is 5.11 Å². The van der Waals surface area contributed by atoms with Gasteiger partial charge in [-0.25, -0.2) is 0 Å². The number of hydrogen-bond acceptors (Lipinski definition) is 1. The van der Waals surface area contributed by atoms with Gasteiger partial charge in [-0.05, 0) is 25.7 Å². The zero-order chi connectivity index (χ0) is 14.7. The average Bonchev–Trinajstić information content (AvgIpc) is 2.29. The molecule has 1 saturated carbocycles. The van der Waals surface area contributed by atoms with Gasteiger partial charge in [0.1, 0.15) is 9.70 Å². The summed E-state index contributed by atoms with van der Waals surface area (Å²) in [6.45, 7) is 0. The summed E-state index contributed by atoms with van der Waals surface area (Å²) in [6.07, 6.45) is 7.79. The Morgan fingerprint density at radius 2 is 1.05 bits per heavy atom. The van der Waals surface area contributed by atoms with Crippen LogP contribution in [-0.4, -0.2) is 20.9 Å². The van der Waals surface area contributed by atoms with Crippen LogP contribution in [0.2, 0.25) is 0 Å². The molecule has 0 bridgehead atoms. The fourth-order valence-corrected chi connectivity index (χ4v) is 6.51. The molecular formula is C12H18Br6O. The van der Waals surface area contributed by atoms with E-state index >= 15 is 0 Å². The Labute approximate surface area is 166 Å². The van der Waals surface area contributed by atoms with E-state index in [1.807, 2.05) is 0 Å². The summed E-state index contributed by atoms with van der Waals surface area (Å²) in [6, 6.07) is 0. The van der Waals surface area contributed by atoms with Crippen molar-refractivity contribution in [3.63, 3.8) is 0 Å². The summed E-state index contributed by atoms with van der Waals surface area (Å²) in [7, 11) is 0. The van der Waals surface area contributed by atoms with Crippen molar-refractivity contribution in [2.45, 2.75) is 67.2 Å². The van der Waals surface area contributed by atoms with Gasteiger partial charge in [0.05, 0.1) is 6.10 Å². The Morgan fingerprint density at radius 3 is 1.42 bits per heavy atom. The van der Waals surface area contributed by atoms with Gasteiger partial charge >= 0.3 is 0 Å². The van der Waals surface area contributed by atoms with Gasteiger partial charge in [-0.1, -0.05) is 121 Å². The topological polar surface area (TPSA) is 20.2 Å². The lowest BCUT2D eigenvalue weighted by atomic mass is 9.99. The van der Waals surface area contributed by atoms with Crippen LogP contribution in [0.15, 0.2) is 0 Å². The minimum atomic E-state index is -0.363. The molecule has 1 aliphatic carbocycles. The Hall–Kier alpha value is 2.84. The number of rotatable bonds is 0. The third kappa shape index (κ3) is 5.45. The molecule has 1 rings (SSSR count). The van der Waals surface area contributed by atoms with E-state index < -0.39 is 0 Å². The largest absolute Gasteiger partial charge is 0.393 e. The normalized spacial score (nSPS) is 29.2. The monoisotopic (exact) mass is 652 g/mol. The first-order chi connectivity index (χ1) is 8.60. The molecule has 0 amide bonds. The second-order valence-electron chi connectivity index (χ2n) is 5.13. The van der Waals surface area contributed by atoms with Crippen LogP contribution in [-0.2, 0) is 0 Å². The standard InChI is InChI=1S/C12H18Br6O/c13-10(14)7-3-1-5-9(19)6-2-4-8-11(15,16)12(10,17)18/h9,19H,1-8H2. The summed E-state index contributed by atoms with van der Waals surface area (Å²) in [5.41, 5.74) is 0. The van der Waals surface area contributed by atoms with E-state index in [-0.39, 0.29) is 15.8 Å². The van der Waals surface area contributed by atoms with Crippen LogP contribution in [0.4, 0.5) is 0 Å². The molecule has 114 valence electrons. The lowest BCUT2D eigenvalue weighted by Crippen LogP contribution is -2.47. The van der Waals surface area contributed by atoms with Crippen LogP contribution in [0, 0.1) is 0 Å². The van der Waals surface area contributed by atoms with Gasteiger partial charge in [0.15, 0.2) is 0 Å². The number of aliphatic hydroxyl groups excluding tert-OH is 1. The third-order valence-corrected chi connectivity index (χ3v) is 14.4. The maximum Gasteiger partial charge on any atom is 0.130 e. The maximum absolute atomic E-state index is 9.89. The Kier molecular flexibility index (Phi) is 8.47. The summed E-state index contributed by atoms with van der Waals surface area (Å²) in [5, 5.41) is 9.89. The first kappa shape index (κ1) is 19.9. The van der Waals surface area contributed by atoms with Crippen LogP contribution >= 0.6 is 95.6 Å². The molecule has 0 aromatic rings. The first-order valence-electron chi connectivity index (χ1n) is 6.42. The van der Waals surface area contributed by atoms with Gasteiger partial charge in [-0.15, -0.1) is 0 Å². The molecule has 7 heteroatoms. The molecule has 0 heterocycles. The van der Waals surface area contributed by atoms with E-state index in [1.165, 1.54) is 0 Å². The van der Waals surface area contributed by atoms with Crippen LogP contribution in [0.3, 0.4) is 0 Å². The van der Waals surface area contributed by atoms with E-state index in [2.05, 4.69) is 95.6 Å². The van der Waals surface area contributed by atoms with Crippen molar-refractivity contribution >= 4 is 95.6 Å². The van der Waals surface area contributed by atoms with Crippen molar-refractivity contribution in [3.8, 4) is 0 Å². The molecule has 0 aliphatic heterocycles. The van der Waals surface area contributed by atoms with E-state index in [0.717, 1.165) is 51.4 Å². The van der Waals surface area contributed by atoms with Gasteiger partial charge in [0.25, 0.3) is 0 Å². The number of alkyl halides is 6. The molecule has 1 N–H and O–H groups in total. The lowest BCUT2D eigenvalue weighted by molar-refractivity contribution is 0.146. The quantitative estimate of drug-likeness (QED) is 0.280. The molecule has 0 saturated heterocycles. The average molecular weight is 658 g/mol. The van der Waals surface area contributed by atoms with Gasteiger partial charge in [-0.2, -0.15) is 0 Å². The minimum absolute atomic E-state index is 0.141. The molecule has 1 nitrogen and oxygen atoms in total. The summed E-state index contributed by atoms with van der Waals surface area (Å²) in [5.74, 6) is 0. The van der Waals surface area contributed by atoms with E-state index in [9.17, 15) is 5.11 Å². The first-order valence-corrected chi connectivity index (χ1v) is 11.2. The Balaban J connectivity index is 2.85. The van der Waals surface area contributed by atoms with Crippen LogP contribution in [0.1, 0.15) is 51.4 Å². The van der Waals surface area contributed by atoms with Crippen LogP contribution < -0.4 is 0 Å². The van der Waals surface area contributed by atoms with Crippen molar-refractivity contribution in [1.82, 2.24) is 0 Å². The van der Waals surface area contributed by atoms with Crippen LogP contribution in [0.25, 0.3) is 0 Å². The van der Waals surface area contributed by atoms with E-state index in [0.29, 0.717) is 0 Å². The van der Waals surface area contributed by atoms with E-state index in [1.54, 1.807) is 0 Å². The predicted molar refractivity (Wildman–Crippen MR) is 105 cm³/mol. The van der Waals surface area contributed by atoms with Crippen LogP contribution in [0.5, 0.6) is 0 Å². The van der Waals surface area contributed by atoms with Gasteiger partial charge in [0.2, 0.25) is 0 Å². The zero-order valence-corrected chi connectivity index (χ0v) is 20.0. The zero-order valence-electron chi connectivity index (χ0n) is 10.4. The number of halogens is 6. The molecule has 0 unspecified atom stereocenters. The van der Waals surface area contributed by atoms with E-state index in [4.69, 9.17) is 0 Å². The second kappa shape index (κ2) is 8.09. The fraction of sp³-hybridized carbons (Fsp3) is 1.00. The summed E-state index contributed by atoms with van der Waals surface area (Å²) in [4.78, 5) is 0. The Morgan fingerprint density at radius 1 is 0.684 bits per heavy atom. The molecular weight excluding hydrogens is 640 g/mol. The number of aliphatic hydroxyl groups is 1. The highest BCUT2D eigenvalue weighted by molar-refractivity contribution is 9.33. The maximum atomic E-state index is 9.89. The molecule has 0 spiro atoms. The molecule has 0 aromatic heterocycles. The summed E-state index contributed by atoms with van der Waals surface area (Å²) < 4.78 is -0.911. The highest BCUT2D eigenvalue weighted by Crippen LogP contribution is 2.63. The van der Waals surface area contributed by atoms with Gasteiger partial charge in [0, 0.05) is 0 Å². The van der Waals surface area contributed by atoms with Crippen molar-refractivity contribution in [1.29, 1.82) is 0 Å². The molecule has 0 aromatic carbocycles. The molecule has 1 aliphatic rings. The molecule has 1 fully saturated rings.